The molecule has 0 unspecified atom stereocenters. The van der Waals surface area contributed by atoms with Crippen molar-refractivity contribution in [3.8, 4) is 0 Å². The van der Waals surface area contributed by atoms with Crippen LogP contribution in [0.15, 0.2) is 30.5 Å². The topological polar surface area (TPSA) is 60.4 Å². The summed E-state index contributed by atoms with van der Waals surface area (Å²) < 4.78 is 0. The van der Waals surface area contributed by atoms with E-state index in [2.05, 4.69) is 63.2 Å². The van der Waals surface area contributed by atoms with Crippen LogP contribution < -0.4 is 10.2 Å². The van der Waals surface area contributed by atoms with Gasteiger partial charge in [0.2, 0.25) is 5.95 Å². The van der Waals surface area contributed by atoms with Gasteiger partial charge in [-0.15, -0.1) is 0 Å². The standard InChI is InChI=1S/C25H29N7/c1-16-7-18-9-26-24(28-20-4-3-17-10-30(2)11-19(17)8-20)29-22(18)23(27-16)32-14-25(15-32)12-31(13-25)21-5-6-21/h3-4,7-9,21H,5-6,10-15H2,1-2H3,(H,26,28,29). The van der Waals surface area contributed by atoms with E-state index in [0.717, 1.165) is 60.3 Å². The number of nitrogens with one attached hydrogen (secondary N) is 1. The number of anilines is 3. The molecule has 4 aliphatic rings. The SMILES string of the molecule is Cc1cc2cnc(Nc3ccc4c(c3)CN(C)C4)nc2c(N2CC3(C2)CN(C2CC2)C3)n1. The molecular formula is C25H29N7. The van der Waals surface area contributed by atoms with Gasteiger partial charge in [0.05, 0.1) is 0 Å². The first-order chi connectivity index (χ1) is 15.5. The molecule has 7 nitrogen and oxygen atoms in total. The van der Waals surface area contributed by atoms with E-state index in [0.29, 0.717) is 11.4 Å². The summed E-state index contributed by atoms with van der Waals surface area (Å²) in [7, 11) is 2.16. The number of aryl methyl sites for hydroxylation is 1. The molecule has 1 aliphatic carbocycles. The first-order valence-electron chi connectivity index (χ1n) is 11.7. The molecule has 1 spiro atoms. The highest BCUT2D eigenvalue weighted by Crippen LogP contribution is 2.46. The molecular weight excluding hydrogens is 398 g/mol. The van der Waals surface area contributed by atoms with Crippen molar-refractivity contribution >= 4 is 28.4 Å². The first kappa shape index (κ1) is 18.8. The Bertz CT molecular complexity index is 1220. The highest BCUT2D eigenvalue weighted by atomic mass is 15.4. The molecule has 2 aromatic heterocycles. The minimum atomic E-state index is 0.478. The van der Waals surface area contributed by atoms with Gasteiger partial charge in [-0.2, -0.15) is 0 Å². The number of fused-ring (bicyclic) bond motifs is 2. The number of aromatic nitrogens is 3. The Labute approximate surface area is 188 Å². The van der Waals surface area contributed by atoms with Crippen LogP contribution in [-0.4, -0.2) is 64.0 Å². The second kappa shape index (κ2) is 6.62. The molecule has 3 aliphatic heterocycles. The van der Waals surface area contributed by atoms with Crippen LogP contribution >= 0.6 is 0 Å². The first-order valence-corrected chi connectivity index (χ1v) is 11.7. The van der Waals surface area contributed by atoms with Gasteiger partial charge in [-0.1, -0.05) is 6.07 Å². The zero-order valence-electron chi connectivity index (χ0n) is 18.8. The minimum absolute atomic E-state index is 0.478. The molecule has 7 rings (SSSR count). The van der Waals surface area contributed by atoms with Crippen LogP contribution in [0.1, 0.15) is 29.7 Å². The van der Waals surface area contributed by atoms with Crippen LogP contribution in [0.5, 0.6) is 0 Å². The van der Waals surface area contributed by atoms with Crippen LogP contribution in [-0.2, 0) is 13.1 Å². The highest BCUT2D eigenvalue weighted by Gasteiger charge is 2.55. The predicted molar refractivity (Wildman–Crippen MR) is 126 cm³/mol. The molecule has 3 fully saturated rings. The Morgan fingerprint density at radius 2 is 1.81 bits per heavy atom. The van der Waals surface area contributed by atoms with E-state index in [1.807, 2.05) is 6.20 Å². The summed E-state index contributed by atoms with van der Waals surface area (Å²) in [6.07, 6.45) is 4.73. The van der Waals surface area contributed by atoms with Gasteiger partial charge < -0.3 is 10.2 Å². The van der Waals surface area contributed by atoms with Crippen molar-refractivity contribution in [1.82, 2.24) is 24.8 Å². The van der Waals surface area contributed by atoms with Crippen LogP contribution in [0.4, 0.5) is 17.5 Å². The molecule has 7 heteroatoms. The number of likely N-dealkylation sites (tertiary alicyclic amines) is 1. The minimum Gasteiger partial charge on any atom is -0.353 e. The number of rotatable bonds is 4. The molecule has 0 radical (unpaired) electrons. The fourth-order valence-corrected chi connectivity index (χ4v) is 5.83. The van der Waals surface area contributed by atoms with Crippen LogP contribution in [0, 0.1) is 12.3 Å². The Kier molecular flexibility index (Phi) is 3.88. The number of nitrogens with zero attached hydrogens (tertiary/aromatic N) is 6. The maximum absolute atomic E-state index is 4.92. The summed E-state index contributed by atoms with van der Waals surface area (Å²) >= 11 is 0. The smallest absolute Gasteiger partial charge is 0.227 e. The molecule has 1 saturated carbocycles. The average molecular weight is 428 g/mol. The molecule has 1 N–H and O–H groups in total. The van der Waals surface area contributed by atoms with Gasteiger partial charge in [-0.05, 0) is 56.1 Å². The molecule has 164 valence electrons. The number of benzene rings is 1. The molecule has 2 saturated heterocycles. The quantitative estimate of drug-likeness (QED) is 0.685. The molecule has 32 heavy (non-hydrogen) atoms. The largest absolute Gasteiger partial charge is 0.353 e. The fraction of sp³-hybridized carbons (Fsp3) is 0.480. The van der Waals surface area contributed by atoms with Gasteiger partial charge in [-0.3, -0.25) is 9.80 Å². The molecule has 3 aromatic rings. The normalized spacial score (nSPS) is 22.1. The third kappa shape index (κ3) is 3.06. The zero-order chi connectivity index (χ0) is 21.4. The highest BCUT2D eigenvalue weighted by molar-refractivity contribution is 5.90. The Morgan fingerprint density at radius 3 is 2.62 bits per heavy atom. The fourth-order valence-electron chi connectivity index (χ4n) is 5.83. The number of hydrogen-bond acceptors (Lipinski definition) is 7. The zero-order valence-corrected chi connectivity index (χ0v) is 18.8. The molecule has 0 amide bonds. The van der Waals surface area contributed by atoms with Crippen LogP contribution in [0.25, 0.3) is 10.9 Å². The predicted octanol–water partition coefficient (Wildman–Crippen LogP) is 3.31. The van der Waals surface area contributed by atoms with E-state index in [1.165, 1.54) is 37.1 Å². The lowest BCUT2D eigenvalue weighted by atomic mass is 9.72. The summed E-state index contributed by atoms with van der Waals surface area (Å²) in [6.45, 7) is 8.77. The summed E-state index contributed by atoms with van der Waals surface area (Å²) in [5.41, 5.74) is 6.27. The molecule has 5 heterocycles. The van der Waals surface area contributed by atoms with Crippen molar-refractivity contribution in [3.63, 3.8) is 0 Å². The summed E-state index contributed by atoms with van der Waals surface area (Å²) in [6, 6.07) is 9.53. The summed E-state index contributed by atoms with van der Waals surface area (Å²) in [5, 5.41) is 4.49. The van der Waals surface area contributed by atoms with Gasteiger partial charge in [0.25, 0.3) is 0 Å². The van der Waals surface area contributed by atoms with E-state index < -0.39 is 0 Å². The van der Waals surface area contributed by atoms with Gasteiger partial charge in [0, 0.05) is 73.7 Å². The second-order valence-corrected chi connectivity index (χ2v) is 10.5. The van der Waals surface area contributed by atoms with Crippen LogP contribution in [0.2, 0.25) is 0 Å². The van der Waals surface area contributed by atoms with Crippen molar-refractivity contribution in [3.05, 3.63) is 47.3 Å². The van der Waals surface area contributed by atoms with Gasteiger partial charge >= 0.3 is 0 Å². The maximum Gasteiger partial charge on any atom is 0.227 e. The lowest BCUT2D eigenvalue weighted by Crippen LogP contribution is -2.72. The van der Waals surface area contributed by atoms with E-state index in [4.69, 9.17) is 9.97 Å². The van der Waals surface area contributed by atoms with Crippen molar-refractivity contribution < 1.29 is 0 Å². The maximum atomic E-state index is 4.92. The number of pyridine rings is 1. The summed E-state index contributed by atoms with van der Waals surface area (Å²) in [5.74, 6) is 1.64. The lowest BCUT2D eigenvalue weighted by Gasteiger charge is -2.61. The van der Waals surface area contributed by atoms with Crippen molar-refractivity contribution in [2.75, 3.05) is 43.4 Å². The van der Waals surface area contributed by atoms with Crippen molar-refractivity contribution in [2.24, 2.45) is 5.41 Å². The lowest BCUT2D eigenvalue weighted by molar-refractivity contribution is -0.0277. The van der Waals surface area contributed by atoms with Gasteiger partial charge in [-0.25, -0.2) is 15.0 Å². The average Bonchev–Trinajstić information content (AvgIpc) is 3.46. The monoisotopic (exact) mass is 427 g/mol. The Morgan fingerprint density at radius 1 is 1.00 bits per heavy atom. The summed E-state index contributed by atoms with van der Waals surface area (Å²) in [4.78, 5) is 21.8. The van der Waals surface area contributed by atoms with Gasteiger partial charge in [0.1, 0.15) is 5.52 Å². The Hall–Kier alpha value is -2.77. The van der Waals surface area contributed by atoms with Crippen molar-refractivity contribution in [1.29, 1.82) is 0 Å². The molecule has 0 atom stereocenters. The Balaban J connectivity index is 1.15. The third-order valence-electron chi connectivity index (χ3n) is 7.51. The van der Waals surface area contributed by atoms with E-state index in [1.54, 1.807) is 0 Å². The molecule has 0 bridgehead atoms. The number of hydrogen-bond donors (Lipinski definition) is 1. The van der Waals surface area contributed by atoms with E-state index in [-0.39, 0.29) is 0 Å². The van der Waals surface area contributed by atoms with Crippen LogP contribution in [0.3, 0.4) is 0 Å². The van der Waals surface area contributed by atoms with Crippen molar-refractivity contribution in [2.45, 2.75) is 38.9 Å². The third-order valence-corrected chi connectivity index (χ3v) is 7.51. The molecule has 1 aromatic carbocycles. The van der Waals surface area contributed by atoms with E-state index >= 15 is 0 Å². The second-order valence-electron chi connectivity index (χ2n) is 10.5. The van der Waals surface area contributed by atoms with Gasteiger partial charge in [0.15, 0.2) is 5.82 Å². The van der Waals surface area contributed by atoms with E-state index in [9.17, 15) is 0 Å².